The molecule has 4 rings (SSSR count). The van der Waals surface area contributed by atoms with Gasteiger partial charge in [-0.25, -0.2) is 8.42 Å². The second kappa shape index (κ2) is 7.73. The monoisotopic (exact) mass is 424 g/mol. The van der Waals surface area contributed by atoms with Gasteiger partial charge >= 0.3 is 0 Å². The molecule has 1 N–H and O–H groups in total. The van der Waals surface area contributed by atoms with Crippen molar-refractivity contribution in [3.8, 4) is 16.9 Å². The molecule has 1 aromatic heterocycles. The molecule has 0 amide bonds. The number of ether oxygens (including phenoxy) is 1. The number of rotatable bonds is 5. The molecule has 4 aromatic rings. The Morgan fingerprint density at radius 3 is 2.38 bits per heavy atom. The van der Waals surface area contributed by atoms with Gasteiger partial charge in [-0.15, -0.1) is 0 Å². The number of benzene rings is 3. The summed E-state index contributed by atoms with van der Waals surface area (Å²) in [4.78, 5) is 4.46. The summed E-state index contributed by atoms with van der Waals surface area (Å²) >= 11 is 6.54. The average molecular weight is 425 g/mol. The smallest absolute Gasteiger partial charge is 0.261 e. The summed E-state index contributed by atoms with van der Waals surface area (Å²) in [6.07, 6.45) is 3.53. The summed E-state index contributed by atoms with van der Waals surface area (Å²) in [5.41, 5.74) is 1.81. The number of fused-ring (bicyclic) bond motifs is 1. The third-order valence-electron chi connectivity index (χ3n) is 4.56. The van der Waals surface area contributed by atoms with Crippen molar-refractivity contribution in [1.29, 1.82) is 0 Å². The largest absolute Gasteiger partial charge is 0.494 e. The van der Waals surface area contributed by atoms with E-state index in [4.69, 9.17) is 16.3 Å². The van der Waals surface area contributed by atoms with Gasteiger partial charge in [0.2, 0.25) is 0 Å². The van der Waals surface area contributed by atoms with E-state index in [9.17, 15) is 8.42 Å². The Kier molecular flexibility index (Phi) is 5.13. The molecule has 5 nitrogen and oxygen atoms in total. The van der Waals surface area contributed by atoms with Crippen LogP contribution in [0.2, 0.25) is 5.02 Å². The van der Waals surface area contributed by atoms with E-state index in [0.29, 0.717) is 5.75 Å². The third-order valence-corrected chi connectivity index (χ3v) is 6.31. The highest BCUT2D eigenvalue weighted by atomic mass is 35.5. The summed E-state index contributed by atoms with van der Waals surface area (Å²) in [5.74, 6) is 0.373. The number of nitrogens with one attached hydrogen (secondary N) is 1. The number of aromatic nitrogens is 1. The first-order valence-electron chi connectivity index (χ1n) is 8.79. The van der Waals surface area contributed by atoms with Crippen molar-refractivity contribution in [2.45, 2.75) is 4.90 Å². The molecule has 0 aliphatic rings. The second-order valence-electron chi connectivity index (χ2n) is 6.33. The van der Waals surface area contributed by atoms with Crippen molar-refractivity contribution in [2.24, 2.45) is 0 Å². The van der Waals surface area contributed by atoms with Crippen LogP contribution in [-0.4, -0.2) is 20.5 Å². The fourth-order valence-electron chi connectivity index (χ4n) is 3.18. The number of nitrogens with zero attached hydrogens (tertiary/aromatic N) is 1. The zero-order valence-corrected chi connectivity index (χ0v) is 17.0. The van der Waals surface area contributed by atoms with Crippen LogP contribution < -0.4 is 9.46 Å². The number of methoxy groups -OCH3 is 1. The molecule has 146 valence electrons. The number of pyridine rings is 1. The molecule has 1 heterocycles. The molecular formula is C22H17ClN2O3S. The first kappa shape index (κ1) is 19.2. The summed E-state index contributed by atoms with van der Waals surface area (Å²) in [6, 6.07) is 19.4. The predicted molar refractivity (Wildman–Crippen MR) is 116 cm³/mol. The van der Waals surface area contributed by atoms with E-state index < -0.39 is 10.0 Å². The lowest BCUT2D eigenvalue weighted by Crippen LogP contribution is -2.13. The Bertz CT molecular complexity index is 1290. The van der Waals surface area contributed by atoms with Crippen LogP contribution in [0.1, 0.15) is 0 Å². The number of hydrogen-bond donors (Lipinski definition) is 1. The lowest BCUT2D eigenvalue weighted by molar-refractivity contribution is 0.417. The second-order valence-corrected chi connectivity index (χ2v) is 8.40. The maximum atomic E-state index is 12.7. The summed E-state index contributed by atoms with van der Waals surface area (Å²) in [7, 11) is -2.28. The van der Waals surface area contributed by atoms with Crippen LogP contribution in [0.5, 0.6) is 5.75 Å². The average Bonchev–Trinajstić information content (AvgIpc) is 2.75. The van der Waals surface area contributed by atoms with Crippen LogP contribution in [0.25, 0.3) is 21.9 Å². The molecule has 0 aliphatic carbocycles. The number of sulfonamides is 1. The van der Waals surface area contributed by atoms with Crippen LogP contribution >= 0.6 is 11.6 Å². The van der Waals surface area contributed by atoms with Crippen LogP contribution in [0.3, 0.4) is 0 Å². The highest BCUT2D eigenvalue weighted by Crippen LogP contribution is 2.43. The van der Waals surface area contributed by atoms with E-state index in [1.54, 1.807) is 42.7 Å². The molecule has 0 bridgehead atoms. The maximum Gasteiger partial charge on any atom is 0.261 e. The Balaban J connectivity index is 1.81. The van der Waals surface area contributed by atoms with E-state index >= 15 is 0 Å². The Labute approximate surface area is 174 Å². The molecule has 29 heavy (non-hydrogen) atoms. The standard InChI is InChI=1S/C22H17ClN2O3S/c1-28-22-18(19-14-24-13-15-7-5-6-10-17(15)19)11-12-20(21(22)23)25-29(26,27)16-8-3-2-4-9-16/h2-14,25H,1H3. The highest BCUT2D eigenvalue weighted by Gasteiger charge is 2.20. The molecule has 0 atom stereocenters. The molecule has 0 fully saturated rings. The van der Waals surface area contributed by atoms with E-state index in [-0.39, 0.29) is 15.6 Å². The lowest BCUT2D eigenvalue weighted by Gasteiger charge is -2.16. The third kappa shape index (κ3) is 3.64. The van der Waals surface area contributed by atoms with Crippen molar-refractivity contribution in [1.82, 2.24) is 4.98 Å². The number of halogens is 1. The Hall–Kier alpha value is -3.09. The van der Waals surface area contributed by atoms with E-state index in [0.717, 1.165) is 21.9 Å². The molecule has 0 saturated heterocycles. The van der Waals surface area contributed by atoms with Gasteiger partial charge in [0.05, 0.1) is 17.7 Å². The van der Waals surface area contributed by atoms with E-state index in [2.05, 4.69) is 9.71 Å². The Morgan fingerprint density at radius 2 is 1.62 bits per heavy atom. The van der Waals surface area contributed by atoms with E-state index in [1.807, 2.05) is 24.3 Å². The van der Waals surface area contributed by atoms with Gasteiger partial charge in [0.1, 0.15) is 10.8 Å². The van der Waals surface area contributed by atoms with Crippen LogP contribution in [0.15, 0.2) is 84.0 Å². The number of anilines is 1. The van der Waals surface area contributed by atoms with Crippen molar-refractivity contribution in [3.63, 3.8) is 0 Å². The lowest BCUT2D eigenvalue weighted by atomic mass is 10.00. The molecule has 0 radical (unpaired) electrons. The minimum absolute atomic E-state index is 0.150. The molecular weight excluding hydrogens is 408 g/mol. The van der Waals surface area contributed by atoms with Gasteiger partial charge in [-0.1, -0.05) is 54.1 Å². The SMILES string of the molecule is COc1c(-c2cncc3ccccc23)ccc(NS(=O)(=O)c2ccccc2)c1Cl. The van der Waals surface area contributed by atoms with Crippen molar-refractivity contribution >= 4 is 38.1 Å². The minimum atomic E-state index is -3.78. The van der Waals surface area contributed by atoms with Gasteiger partial charge in [-0.3, -0.25) is 9.71 Å². The van der Waals surface area contributed by atoms with Crippen LogP contribution in [-0.2, 0) is 10.0 Å². The minimum Gasteiger partial charge on any atom is -0.494 e. The zero-order chi connectivity index (χ0) is 20.4. The predicted octanol–water partition coefficient (Wildman–Crippen LogP) is 5.36. The zero-order valence-electron chi connectivity index (χ0n) is 15.5. The fourth-order valence-corrected chi connectivity index (χ4v) is 4.62. The van der Waals surface area contributed by atoms with Gasteiger partial charge in [0, 0.05) is 28.9 Å². The quantitative estimate of drug-likeness (QED) is 0.468. The van der Waals surface area contributed by atoms with Gasteiger partial charge in [-0.05, 0) is 29.7 Å². The fraction of sp³-hybridized carbons (Fsp3) is 0.0455. The molecule has 0 saturated carbocycles. The van der Waals surface area contributed by atoms with Crippen molar-refractivity contribution in [3.05, 3.63) is 84.1 Å². The maximum absolute atomic E-state index is 12.7. The first-order chi connectivity index (χ1) is 14.0. The van der Waals surface area contributed by atoms with Crippen LogP contribution in [0, 0.1) is 0 Å². The normalized spacial score (nSPS) is 11.4. The van der Waals surface area contributed by atoms with E-state index in [1.165, 1.54) is 19.2 Å². The first-order valence-corrected chi connectivity index (χ1v) is 10.6. The van der Waals surface area contributed by atoms with Crippen LogP contribution in [0.4, 0.5) is 5.69 Å². The molecule has 7 heteroatoms. The summed E-state index contributed by atoms with van der Waals surface area (Å²) in [5, 5.41) is 2.16. The van der Waals surface area contributed by atoms with Gasteiger partial charge < -0.3 is 4.74 Å². The topological polar surface area (TPSA) is 68.3 Å². The molecule has 3 aromatic carbocycles. The Morgan fingerprint density at radius 1 is 0.897 bits per heavy atom. The van der Waals surface area contributed by atoms with Crippen molar-refractivity contribution in [2.75, 3.05) is 11.8 Å². The number of hydrogen-bond acceptors (Lipinski definition) is 4. The van der Waals surface area contributed by atoms with Crippen molar-refractivity contribution < 1.29 is 13.2 Å². The molecule has 0 unspecified atom stereocenters. The molecule has 0 aliphatic heterocycles. The van der Waals surface area contributed by atoms with Gasteiger partial charge in [-0.2, -0.15) is 0 Å². The summed E-state index contributed by atoms with van der Waals surface area (Å²) in [6.45, 7) is 0. The van der Waals surface area contributed by atoms with Gasteiger partial charge in [0.15, 0.2) is 0 Å². The highest BCUT2D eigenvalue weighted by molar-refractivity contribution is 7.92. The molecule has 0 spiro atoms. The van der Waals surface area contributed by atoms with Gasteiger partial charge in [0.25, 0.3) is 10.0 Å². The summed E-state index contributed by atoms with van der Waals surface area (Å²) < 4.78 is 33.4.